The number of hydrogen-bond donors (Lipinski definition) is 2. The molecule has 0 radical (unpaired) electrons. The van der Waals surface area contributed by atoms with E-state index in [1.165, 1.54) is 31.7 Å². The van der Waals surface area contributed by atoms with E-state index >= 15 is 0 Å². The zero-order valence-corrected chi connectivity index (χ0v) is 12.0. The summed E-state index contributed by atoms with van der Waals surface area (Å²) in [5, 5.41) is 5.92. The Hall–Kier alpha value is -1.42. The molecule has 0 aromatic heterocycles. The molecule has 1 aliphatic rings. The van der Waals surface area contributed by atoms with Crippen molar-refractivity contribution in [3.8, 4) is 0 Å². The molecule has 3 nitrogen and oxygen atoms in total. The lowest BCUT2D eigenvalue weighted by molar-refractivity contribution is -0.115. The molecule has 0 aliphatic heterocycles. The van der Waals surface area contributed by atoms with Crippen molar-refractivity contribution in [1.29, 1.82) is 0 Å². The smallest absolute Gasteiger partial charge is 0.238 e. The molecule has 1 fully saturated rings. The molecule has 20 heavy (non-hydrogen) atoms. The first-order valence-corrected chi connectivity index (χ1v) is 7.44. The SMILES string of the molecule is CC1CCCCCC1NCC(=O)Nc1ccccc1F. The number of anilines is 1. The molecular weight excluding hydrogens is 255 g/mol. The van der Waals surface area contributed by atoms with Crippen molar-refractivity contribution in [1.82, 2.24) is 5.32 Å². The summed E-state index contributed by atoms with van der Waals surface area (Å²) in [6.07, 6.45) is 6.11. The third-order valence-corrected chi connectivity index (χ3v) is 4.03. The number of hydrogen-bond acceptors (Lipinski definition) is 2. The monoisotopic (exact) mass is 278 g/mol. The first-order chi connectivity index (χ1) is 9.66. The second-order valence-electron chi connectivity index (χ2n) is 5.63. The zero-order chi connectivity index (χ0) is 14.4. The average molecular weight is 278 g/mol. The van der Waals surface area contributed by atoms with Crippen molar-refractivity contribution in [2.24, 2.45) is 5.92 Å². The van der Waals surface area contributed by atoms with Gasteiger partial charge < -0.3 is 10.6 Å². The van der Waals surface area contributed by atoms with Gasteiger partial charge in [0.1, 0.15) is 5.82 Å². The van der Waals surface area contributed by atoms with Crippen LogP contribution in [-0.2, 0) is 4.79 Å². The van der Waals surface area contributed by atoms with E-state index in [2.05, 4.69) is 17.6 Å². The van der Waals surface area contributed by atoms with E-state index in [0.717, 1.165) is 6.42 Å². The van der Waals surface area contributed by atoms with Crippen LogP contribution in [0.1, 0.15) is 39.0 Å². The number of para-hydroxylation sites is 1. The summed E-state index contributed by atoms with van der Waals surface area (Å²) >= 11 is 0. The molecule has 4 heteroatoms. The highest BCUT2D eigenvalue weighted by atomic mass is 19.1. The predicted molar refractivity (Wildman–Crippen MR) is 79.1 cm³/mol. The molecule has 1 aromatic rings. The Bertz CT molecular complexity index is 450. The van der Waals surface area contributed by atoms with E-state index in [1.54, 1.807) is 18.2 Å². The second-order valence-corrected chi connectivity index (χ2v) is 5.63. The summed E-state index contributed by atoms with van der Waals surface area (Å²) in [4.78, 5) is 11.9. The minimum atomic E-state index is -0.399. The van der Waals surface area contributed by atoms with Gasteiger partial charge in [-0.25, -0.2) is 4.39 Å². The Balaban J connectivity index is 1.81. The fraction of sp³-hybridized carbons (Fsp3) is 0.562. The standard InChI is InChI=1S/C16H23FN2O/c1-12-7-3-2-4-9-14(12)18-11-16(20)19-15-10-6-5-8-13(15)17/h5-6,8,10,12,14,18H,2-4,7,9,11H2,1H3,(H,19,20). The Labute approximate surface area is 120 Å². The van der Waals surface area contributed by atoms with Gasteiger partial charge in [0.2, 0.25) is 5.91 Å². The first kappa shape index (κ1) is 15.0. The van der Waals surface area contributed by atoms with Crippen LogP contribution in [0.25, 0.3) is 0 Å². The summed E-state index contributed by atoms with van der Waals surface area (Å²) in [7, 11) is 0. The van der Waals surface area contributed by atoms with Crippen molar-refractivity contribution in [3.05, 3.63) is 30.1 Å². The molecule has 0 bridgehead atoms. The molecule has 1 aliphatic carbocycles. The van der Waals surface area contributed by atoms with Gasteiger partial charge in [-0.15, -0.1) is 0 Å². The largest absolute Gasteiger partial charge is 0.322 e. The maximum absolute atomic E-state index is 13.4. The summed E-state index contributed by atoms with van der Waals surface area (Å²) in [6.45, 7) is 2.47. The van der Waals surface area contributed by atoms with Crippen LogP contribution in [0.3, 0.4) is 0 Å². The molecule has 1 saturated carbocycles. The molecule has 2 atom stereocenters. The van der Waals surface area contributed by atoms with Crippen LogP contribution in [0, 0.1) is 11.7 Å². The third kappa shape index (κ3) is 4.30. The van der Waals surface area contributed by atoms with E-state index in [9.17, 15) is 9.18 Å². The van der Waals surface area contributed by atoms with Gasteiger partial charge in [0.25, 0.3) is 0 Å². The summed E-state index contributed by atoms with van der Waals surface area (Å²) in [5.41, 5.74) is 0.244. The highest BCUT2D eigenvalue weighted by Crippen LogP contribution is 2.22. The first-order valence-electron chi connectivity index (χ1n) is 7.44. The Morgan fingerprint density at radius 1 is 1.25 bits per heavy atom. The number of amides is 1. The van der Waals surface area contributed by atoms with E-state index in [4.69, 9.17) is 0 Å². The zero-order valence-electron chi connectivity index (χ0n) is 12.0. The molecule has 0 spiro atoms. The van der Waals surface area contributed by atoms with Gasteiger partial charge in [0.05, 0.1) is 12.2 Å². The van der Waals surface area contributed by atoms with Crippen molar-refractivity contribution in [2.45, 2.75) is 45.1 Å². The Morgan fingerprint density at radius 2 is 2.00 bits per heavy atom. The molecule has 2 rings (SSSR count). The van der Waals surface area contributed by atoms with Crippen molar-refractivity contribution >= 4 is 11.6 Å². The highest BCUT2D eigenvalue weighted by Gasteiger charge is 2.20. The molecule has 2 N–H and O–H groups in total. The lowest BCUT2D eigenvalue weighted by atomic mass is 9.97. The fourth-order valence-electron chi connectivity index (χ4n) is 2.78. The molecule has 0 saturated heterocycles. The molecule has 0 heterocycles. The number of carbonyl (C=O) groups excluding carboxylic acids is 1. The Morgan fingerprint density at radius 3 is 2.80 bits per heavy atom. The van der Waals surface area contributed by atoms with Crippen LogP contribution in [0.2, 0.25) is 0 Å². The molecule has 1 amide bonds. The van der Waals surface area contributed by atoms with Crippen LogP contribution >= 0.6 is 0 Å². The lowest BCUT2D eigenvalue weighted by Gasteiger charge is -2.22. The summed E-state index contributed by atoms with van der Waals surface area (Å²) in [6, 6.07) is 6.62. The summed E-state index contributed by atoms with van der Waals surface area (Å²) < 4.78 is 13.4. The van der Waals surface area contributed by atoms with Crippen molar-refractivity contribution in [3.63, 3.8) is 0 Å². The van der Waals surface area contributed by atoms with Crippen molar-refractivity contribution in [2.75, 3.05) is 11.9 Å². The van der Waals surface area contributed by atoms with Crippen LogP contribution in [0.4, 0.5) is 10.1 Å². The van der Waals surface area contributed by atoms with Gasteiger partial charge in [-0.3, -0.25) is 4.79 Å². The van der Waals surface area contributed by atoms with Crippen LogP contribution in [0.5, 0.6) is 0 Å². The maximum atomic E-state index is 13.4. The molecular formula is C16H23FN2O. The fourth-order valence-corrected chi connectivity index (χ4v) is 2.78. The Kier molecular flexibility index (Phi) is 5.53. The predicted octanol–water partition coefficient (Wildman–Crippen LogP) is 3.32. The number of benzene rings is 1. The van der Waals surface area contributed by atoms with Gasteiger partial charge >= 0.3 is 0 Å². The normalized spacial score (nSPS) is 23.1. The minimum Gasteiger partial charge on any atom is -0.322 e. The quantitative estimate of drug-likeness (QED) is 0.830. The maximum Gasteiger partial charge on any atom is 0.238 e. The molecule has 110 valence electrons. The van der Waals surface area contributed by atoms with Gasteiger partial charge in [0, 0.05) is 6.04 Å². The number of rotatable bonds is 4. The topological polar surface area (TPSA) is 41.1 Å². The van der Waals surface area contributed by atoms with E-state index in [0.29, 0.717) is 12.0 Å². The van der Waals surface area contributed by atoms with E-state index in [-0.39, 0.29) is 18.1 Å². The summed E-state index contributed by atoms with van der Waals surface area (Å²) in [5.74, 6) is 0.00833. The average Bonchev–Trinajstić information content (AvgIpc) is 2.64. The number of carbonyl (C=O) groups is 1. The second kappa shape index (κ2) is 7.39. The lowest BCUT2D eigenvalue weighted by Crippen LogP contribution is -2.39. The van der Waals surface area contributed by atoms with Crippen LogP contribution in [-0.4, -0.2) is 18.5 Å². The third-order valence-electron chi connectivity index (χ3n) is 4.03. The minimum absolute atomic E-state index is 0.188. The molecule has 2 unspecified atom stereocenters. The van der Waals surface area contributed by atoms with Gasteiger partial charge in [-0.05, 0) is 30.9 Å². The van der Waals surface area contributed by atoms with E-state index in [1.807, 2.05) is 0 Å². The van der Waals surface area contributed by atoms with Crippen LogP contribution in [0.15, 0.2) is 24.3 Å². The van der Waals surface area contributed by atoms with E-state index < -0.39 is 5.82 Å². The van der Waals surface area contributed by atoms with Crippen molar-refractivity contribution < 1.29 is 9.18 Å². The van der Waals surface area contributed by atoms with Gasteiger partial charge in [-0.1, -0.05) is 38.3 Å². The van der Waals surface area contributed by atoms with Gasteiger partial charge in [-0.2, -0.15) is 0 Å². The number of nitrogens with one attached hydrogen (secondary N) is 2. The number of halogens is 1. The molecule has 1 aromatic carbocycles. The van der Waals surface area contributed by atoms with Crippen LogP contribution < -0.4 is 10.6 Å². The van der Waals surface area contributed by atoms with Gasteiger partial charge in [0.15, 0.2) is 0 Å². The highest BCUT2D eigenvalue weighted by molar-refractivity contribution is 5.92.